The Hall–Kier alpha value is -3.12. The second-order valence-electron chi connectivity index (χ2n) is 7.32. The Balaban J connectivity index is 1.37. The molecule has 1 fully saturated rings. The molecule has 0 spiro atoms. The van der Waals surface area contributed by atoms with Crippen LogP contribution in [0.5, 0.6) is 5.75 Å². The standard InChI is InChI=1S/C22H23N3O3/c1-14-2-4-15(5-3-14)13-25-9-8-20(22(25)28)24-12-21(27)18-11-23-19-7-6-16(26)10-17(18)19/h2-7,10-11,20,23-24,26H,8-9,12-13H2,1H3. The molecule has 3 N–H and O–H groups in total. The number of carbonyl (C=O) groups is 2. The highest BCUT2D eigenvalue weighted by atomic mass is 16.3. The Morgan fingerprint density at radius 1 is 1.25 bits per heavy atom. The first-order valence-corrected chi connectivity index (χ1v) is 9.42. The Kier molecular flexibility index (Phi) is 4.88. The van der Waals surface area contributed by atoms with Crippen LogP contribution in [0, 0.1) is 6.92 Å². The van der Waals surface area contributed by atoms with Crippen LogP contribution in [-0.2, 0) is 11.3 Å². The van der Waals surface area contributed by atoms with Crippen LogP contribution in [0.1, 0.15) is 27.9 Å². The largest absolute Gasteiger partial charge is 0.508 e. The molecule has 2 heterocycles. The molecule has 0 saturated carbocycles. The summed E-state index contributed by atoms with van der Waals surface area (Å²) in [7, 11) is 0. The van der Waals surface area contributed by atoms with Gasteiger partial charge in [0.25, 0.3) is 0 Å². The molecule has 0 radical (unpaired) electrons. The number of nitrogens with one attached hydrogen (secondary N) is 2. The maximum atomic E-state index is 12.6. The van der Waals surface area contributed by atoms with Crippen LogP contribution in [0.15, 0.2) is 48.7 Å². The molecule has 6 heteroatoms. The fraction of sp³-hybridized carbons (Fsp3) is 0.273. The van der Waals surface area contributed by atoms with E-state index in [0.717, 1.165) is 11.1 Å². The summed E-state index contributed by atoms with van der Waals surface area (Å²) >= 11 is 0. The number of amides is 1. The molecule has 1 aromatic heterocycles. The minimum atomic E-state index is -0.340. The first-order chi connectivity index (χ1) is 13.5. The Morgan fingerprint density at radius 2 is 2.04 bits per heavy atom. The number of H-pyrrole nitrogens is 1. The van der Waals surface area contributed by atoms with E-state index in [1.54, 1.807) is 24.4 Å². The Morgan fingerprint density at radius 3 is 2.82 bits per heavy atom. The van der Waals surface area contributed by atoms with Crippen molar-refractivity contribution in [3.63, 3.8) is 0 Å². The van der Waals surface area contributed by atoms with Crippen molar-refractivity contribution >= 4 is 22.6 Å². The van der Waals surface area contributed by atoms with Gasteiger partial charge in [0.2, 0.25) is 5.91 Å². The van der Waals surface area contributed by atoms with Gasteiger partial charge in [0.15, 0.2) is 5.78 Å². The van der Waals surface area contributed by atoms with Gasteiger partial charge >= 0.3 is 0 Å². The lowest BCUT2D eigenvalue weighted by Crippen LogP contribution is -2.40. The molecule has 28 heavy (non-hydrogen) atoms. The summed E-state index contributed by atoms with van der Waals surface area (Å²) in [5.74, 6) is 0.0402. The smallest absolute Gasteiger partial charge is 0.240 e. The second-order valence-corrected chi connectivity index (χ2v) is 7.32. The zero-order chi connectivity index (χ0) is 19.7. The number of Topliss-reactive ketones (excluding diaryl/α,β-unsaturated/α-hetero) is 1. The molecule has 2 aromatic carbocycles. The van der Waals surface area contributed by atoms with Gasteiger partial charge in [0.05, 0.1) is 12.6 Å². The minimum Gasteiger partial charge on any atom is -0.508 e. The van der Waals surface area contributed by atoms with Crippen molar-refractivity contribution in [3.8, 4) is 5.75 Å². The Labute approximate surface area is 163 Å². The number of hydrogen-bond donors (Lipinski definition) is 3. The SMILES string of the molecule is Cc1ccc(CN2CCC(NCC(=O)c3c[nH]c4ccc(O)cc34)C2=O)cc1. The van der Waals surface area contributed by atoms with Crippen LogP contribution in [0.4, 0.5) is 0 Å². The van der Waals surface area contributed by atoms with Crippen LogP contribution in [0.2, 0.25) is 0 Å². The molecule has 144 valence electrons. The van der Waals surface area contributed by atoms with E-state index in [2.05, 4.69) is 10.3 Å². The lowest BCUT2D eigenvalue weighted by atomic mass is 10.1. The third-order valence-corrected chi connectivity index (χ3v) is 5.27. The number of aromatic amines is 1. The molecule has 6 nitrogen and oxygen atoms in total. The van der Waals surface area contributed by atoms with Gasteiger partial charge in [-0.1, -0.05) is 29.8 Å². The van der Waals surface area contributed by atoms with Crippen LogP contribution in [0.3, 0.4) is 0 Å². The van der Waals surface area contributed by atoms with Crippen molar-refractivity contribution in [3.05, 3.63) is 65.4 Å². The number of phenols is 1. The molecular weight excluding hydrogens is 354 g/mol. The number of benzene rings is 2. The van der Waals surface area contributed by atoms with Gasteiger partial charge < -0.3 is 15.0 Å². The summed E-state index contributed by atoms with van der Waals surface area (Å²) in [6, 6.07) is 12.7. The lowest BCUT2D eigenvalue weighted by Gasteiger charge is -2.17. The van der Waals surface area contributed by atoms with Crippen molar-refractivity contribution in [1.29, 1.82) is 0 Å². The highest BCUT2D eigenvalue weighted by molar-refractivity contribution is 6.09. The van der Waals surface area contributed by atoms with E-state index in [4.69, 9.17) is 0 Å². The van der Waals surface area contributed by atoms with Gasteiger partial charge in [-0.25, -0.2) is 0 Å². The second kappa shape index (κ2) is 7.48. The van der Waals surface area contributed by atoms with Crippen LogP contribution in [0.25, 0.3) is 10.9 Å². The summed E-state index contributed by atoms with van der Waals surface area (Å²) in [5.41, 5.74) is 3.61. The molecule has 1 aliphatic rings. The normalized spacial score (nSPS) is 16.8. The van der Waals surface area contributed by atoms with Crippen LogP contribution in [-0.4, -0.2) is 45.8 Å². The van der Waals surface area contributed by atoms with E-state index in [9.17, 15) is 14.7 Å². The first kappa shape index (κ1) is 18.3. The molecular formula is C22H23N3O3. The number of carbonyl (C=O) groups excluding carboxylic acids is 2. The van der Waals surface area contributed by atoms with E-state index in [1.165, 1.54) is 5.56 Å². The third-order valence-electron chi connectivity index (χ3n) is 5.27. The molecule has 0 bridgehead atoms. The van der Waals surface area contributed by atoms with Crippen molar-refractivity contribution in [2.24, 2.45) is 0 Å². The number of aromatic nitrogens is 1. The number of aryl methyl sites for hydroxylation is 1. The van der Waals surface area contributed by atoms with Gasteiger partial charge in [0, 0.05) is 35.8 Å². The number of hydrogen-bond acceptors (Lipinski definition) is 4. The zero-order valence-corrected chi connectivity index (χ0v) is 15.7. The molecule has 1 unspecified atom stereocenters. The highest BCUT2D eigenvalue weighted by Crippen LogP contribution is 2.23. The molecule has 1 atom stereocenters. The van der Waals surface area contributed by atoms with Gasteiger partial charge in [-0.15, -0.1) is 0 Å². The lowest BCUT2D eigenvalue weighted by molar-refractivity contribution is -0.129. The number of likely N-dealkylation sites (tertiary alicyclic amines) is 1. The average Bonchev–Trinajstić information content (AvgIpc) is 3.25. The van der Waals surface area contributed by atoms with Gasteiger partial charge in [0.1, 0.15) is 5.75 Å². The predicted octanol–water partition coefficient (Wildman–Crippen LogP) is 2.76. The molecule has 1 aliphatic heterocycles. The van der Waals surface area contributed by atoms with E-state index < -0.39 is 0 Å². The first-order valence-electron chi connectivity index (χ1n) is 9.42. The predicted molar refractivity (Wildman–Crippen MR) is 107 cm³/mol. The molecule has 4 rings (SSSR count). The molecule has 1 amide bonds. The quantitative estimate of drug-likeness (QED) is 0.577. The van der Waals surface area contributed by atoms with E-state index >= 15 is 0 Å². The topological polar surface area (TPSA) is 85.4 Å². The third kappa shape index (κ3) is 3.64. The van der Waals surface area contributed by atoms with Gasteiger partial charge in [-0.05, 0) is 37.1 Å². The van der Waals surface area contributed by atoms with Crippen molar-refractivity contribution in [2.45, 2.75) is 25.9 Å². The number of rotatable bonds is 6. The molecule has 3 aromatic rings. The number of aromatic hydroxyl groups is 1. The van der Waals surface area contributed by atoms with Crippen LogP contribution < -0.4 is 5.32 Å². The number of ketones is 1. The summed E-state index contributed by atoms with van der Waals surface area (Å²) in [5, 5.41) is 13.5. The average molecular weight is 377 g/mol. The minimum absolute atomic E-state index is 0.0324. The summed E-state index contributed by atoms with van der Waals surface area (Å²) in [6.45, 7) is 3.39. The fourth-order valence-electron chi connectivity index (χ4n) is 3.65. The molecule has 0 aliphatic carbocycles. The van der Waals surface area contributed by atoms with Crippen molar-refractivity contribution in [2.75, 3.05) is 13.1 Å². The van der Waals surface area contributed by atoms with Crippen molar-refractivity contribution in [1.82, 2.24) is 15.2 Å². The summed E-state index contributed by atoms with van der Waals surface area (Å²) in [4.78, 5) is 30.1. The summed E-state index contributed by atoms with van der Waals surface area (Å²) < 4.78 is 0. The highest BCUT2D eigenvalue weighted by Gasteiger charge is 2.31. The van der Waals surface area contributed by atoms with Crippen LogP contribution >= 0.6 is 0 Å². The van der Waals surface area contributed by atoms with Crippen molar-refractivity contribution < 1.29 is 14.7 Å². The van der Waals surface area contributed by atoms with E-state index in [-0.39, 0.29) is 30.0 Å². The van der Waals surface area contributed by atoms with E-state index in [1.807, 2.05) is 36.1 Å². The zero-order valence-electron chi connectivity index (χ0n) is 15.7. The molecule has 1 saturated heterocycles. The fourth-order valence-corrected chi connectivity index (χ4v) is 3.65. The van der Waals surface area contributed by atoms with Gasteiger partial charge in [-0.3, -0.25) is 14.9 Å². The number of phenolic OH excluding ortho intramolecular Hbond substituents is 1. The maximum absolute atomic E-state index is 12.6. The summed E-state index contributed by atoms with van der Waals surface area (Å²) in [6.07, 6.45) is 2.33. The van der Waals surface area contributed by atoms with Gasteiger partial charge in [-0.2, -0.15) is 0 Å². The maximum Gasteiger partial charge on any atom is 0.240 e. The Bertz CT molecular complexity index is 1020. The monoisotopic (exact) mass is 377 g/mol. The number of nitrogens with zero attached hydrogens (tertiary/aromatic N) is 1. The number of fused-ring (bicyclic) bond motifs is 1. The van der Waals surface area contributed by atoms with E-state index in [0.29, 0.717) is 30.5 Å².